The van der Waals surface area contributed by atoms with E-state index in [-0.39, 0.29) is 23.9 Å². The summed E-state index contributed by atoms with van der Waals surface area (Å²) >= 11 is 4.80. The van der Waals surface area contributed by atoms with Crippen LogP contribution in [-0.2, 0) is 4.79 Å². The number of nitrogens with one attached hydrogen (secondary N) is 1. The SMILES string of the molecule is O=C(CC1CSC(N2N=C(c3ccccc3)CC2c2c(F)cccc2F)=N1)N/N=C/c1ccc(Br)cc1. The largest absolute Gasteiger partial charge is 0.273 e. The molecule has 188 valence electrons. The number of carbonyl (C=O) groups excluding carboxylic acids is 1. The van der Waals surface area contributed by atoms with Crippen LogP contribution in [-0.4, -0.2) is 39.8 Å². The summed E-state index contributed by atoms with van der Waals surface area (Å²) in [6, 6.07) is 19.9. The average molecular weight is 582 g/mol. The molecule has 0 saturated heterocycles. The lowest BCUT2D eigenvalue weighted by molar-refractivity contribution is -0.121. The highest BCUT2D eigenvalue weighted by Crippen LogP contribution is 2.39. The van der Waals surface area contributed by atoms with Crippen LogP contribution >= 0.6 is 27.7 Å². The van der Waals surface area contributed by atoms with Crippen LogP contribution in [0.3, 0.4) is 0 Å². The molecule has 5 rings (SSSR count). The Balaban J connectivity index is 1.31. The lowest BCUT2D eigenvalue weighted by atomic mass is 9.98. The zero-order valence-electron chi connectivity index (χ0n) is 19.5. The average Bonchev–Trinajstić information content (AvgIpc) is 3.53. The van der Waals surface area contributed by atoms with Crippen molar-refractivity contribution in [2.45, 2.75) is 24.9 Å². The first kappa shape index (κ1) is 25.3. The maximum absolute atomic E-state index is 14.8. The summed E-state index contributed by atoms with van der Waals surface area (Å²) in [6.07, 6.45) is 2.04. The van der Waals surface area contributed by atoms with Gasteiger partial charge in [0.15, 0.2) is 5.17 Å². The number of thioether (sulfide) groups is 1. The van der Waals surface area contributed by atoms with Crippen LogP contribution in [0.5, 0.6) is 0 Å². The van der Waals surface area contributed by atoms with Crippen molar-refractivity contribution in [3.63, 3.8) is 0 Å². The number of halogens is 3. The van der Waals surface area contributed by atoms with E-state index in [0.29, 0.717) is 17.3 Å². The summed E-state index contributed by atoms with van der Waals surface area (Å²) in [5.74, 6) is -0.959. The molecule has 2 atom stereocenters. The van der Waals surface area contributed by atoms with E-state index in [4.69, 9.17) is 5.10 Å². The van der Waals surface area contributed by atoms with Crippen LogP contribution in [0.4, 0.5) is 8.78 Å². The molecule has 10 heteroatoms. The number of carbonyl (C=O) groups is 1. The van der Waals surface area contributed by atoms with Gasteiger partial charge in [-0.05, 0) is 35.4 Å². The Hall–Kier alpha value is -3.37. The van der Waals surface area contributed by atoms with E-state index in [1.807, 2.05) is 54.6 Å². The molecule has 1 amide bonds. The molecule has 1 N–H and O–H groups in total. The van der Waals surface area contributed by atoms with E-state index in [1.54, 1.807) is 11.2 Å². The number of hydrazone groups is 2. The number of nitrogens with zero attached hydrogens (tertiary/aromatic N) is 4. The molecule has 0 radical (unpaired) electrons. The first-order chi connectivity index (χ1) is 18.0. The fourth-order valence-electron chi connectivity index (χ4n) is 4.16. The molecule has 0 fully saturated rings. The van der Waals surface area contributed by atoms with Crippen molar-refractivity contribution in [1.82, 2.24) is 10.4 Å². The molecule has 6 nitrogen and oxygen atoms in total. The number of rotatable bonds is 6. The van der Waals surface area contributed by atoms with Gasteiger partial charge < -0.3 is 0 Å². The number of aliphatic imine (C=N–C) groups is 1. The normalized spacial score (nSPS) is 19.3. The Morgan fingerprint density at radius 1 is 1.08 bits per heavy atom. The van der Waals surface area contributed by atoms with Crippen LogP contribution in [0, 0.1) is 11.6 Å². The minimum absolute atomic E-state index is 0.0380. The van der Waals surface area contributed by atoms with Crippen molar-refractivity contribution < 1.29 is 13.6 Å². The van der Waals surface area contributed by atoms with Crippen molar-refractivity contribution in [2.75, 3.05) is 5.75 Å². The molecule has 2 aliphatic heterocycles. The van der Waals surface area contributed by atoms with Gasteiger partial charge in [-0.3, -0.25) is 9.79 Å². The van der Waals surface area contributed by atoms with E-state index in [1.165, 1.54) is 30.0 Å². The van der Waals surface area contributed by atoms with Gasteiger partial charge in [0.05, 0.1) is 30.4 Å². The van der Waals surface area contributed by atoms with Crippen molar-refractivity contribution in [3.05, 3.63) is 106 Å². The summed E-state index contributed by atoms with van der Waals surface area (Å²) in [5, 5.41) is 10.9. The van der Waals surface area contributed by atoms with Crippen LogP contribution < -0.4 is 5.43 Å². The summed E-state index contributed by atoms with van der Waals surface area (Å²) in [6.45, 7) is 0. The minimum atomic E-state index is -0.675. The summed E-state index contributed by atoms with van der Waals surface area (Å²) in [4.78, 5) is 17.1. The van der Waals surface area contributed by atoms with Crippen LogP contribution in [0.25, 0.3) is 0 Å². The van der Waals surface area contributed by atoms with Crippen molar-refractivity contribution >= 4 is 50.7 Å². The van der Waals surface area contributed by atoms with E-state index in [9.17, 15) is 13.6 Å². The maximum Gasteiger partial charge on any atom is 0.242 e. The molecule has 2 heterocycles. The Kier molecular flexibility index (Phi) is 7.76. The van der Waals surface area contributed by atoms with E-state index in [2.05, 4.69) is 31.4 Å². The second kappa shape index (κ2) is 11.4. The van der Waals surface area contributed by atoms with Crippen LogP contribution in [0.15, 0.2) is 92.5 Å². The van der Waals surface area contributed by atoms with Gasteiger partial charge >= 0.3 is 0 Å². The molecule has 0 spiro atoms. The Morgan fingerprint density at radius 3 is 2.54 bits per heavy atom. The van der Waals surface area contributed by atoms with Gasteiger partial charge in [-0.25, -0.2) is 19.2 Å². The van der Waals surface area contributed by atoms with Gasteiger partial charge in [-0.1, -0.05) is 76.2 Å². The summed E-state index contributed by atoms with van der Waals surface area (Å²) < 4.78 is 30.5. The number of hydrogen-bond donors (Lipinski definition) is 1. The van der Waals surface area contributed by atoms with Gasteiger partial charge in [-0.2, -0.15) is 10.2 Å². The Labute approximate surface area is 225 Å². The third-order valence-electron chi connectivity index (χ3n) is 5.94. The number of amidine groups is 1. The van der Waals surface area contributed by atoms with Crippen molar-refractivity contribution in [2.24, 2.45) is 15.2 Å². The lowest BCUT2D eigenvalue weighted by Crippen LogP contribution is -2.26. The van der Waals surface area contributed by atoms with Gasteiger partial charge in [0.25, 0.3) is 0 Å². The third kappa shape index (κ3) is 5.97. The van der Waals surface area contributed by atoms with Crippen LogP contribution in [0.2, 0.25) is 0 Å². The predicted molar refractivity (Wildman–Crippen MR) is 147 cm³/mol. The Morgan fingerprint density at radius 2 is 1.81 bits per heavy atom. The second-order valence-corrected chi connectivity index (χ2v) is 10.4. The molecule has 0 bridgehead atoms. The monoisotopic (exact) mass is 581 g/mol. The highest BCUT2D eigenvalue weighted by atomic mass is 79.9. The van der Waals surface area contributed by atoms with Crippen LogP contribution in [0.1, 0.15) is 35.6 Å². The quantitative estimate of drug-likeness (QED) is 0.291. The molecule has 0 aromatic heterocycles. The van der Waals surface area contributed by atoms with Gasteiger partial charge in [0.1, 0.15) is 11.6 Å². The lowest BCUT2D eigenvalue weighted by Gasteiger charge is -2.23. The second-order valence-electron chi connectivity index (χ2n) is 8.54. The number of amides is 1. The zero-order chi connectivity index (χ0) is 25.8. The zero-order valence-corrected chi connectivity index (χ0v) is 21.9. The standard InChI is InChI=1S/C27H22BrF2N5OS/c28-19-11-9-17(10-12-19)15-31-33-25(36)13-20-16-37-27(32-20)35-24(26-21(29)7-4-8-22(26)30)14-23(34-35)18-5-2-1-3-6-18/h1-12,15,20,24H,13-14,16H2,(H,33,36)/b31-15+. The van der Waals surface area contributed by atoms with Gasteiger partial charge in [0, 0.05) is 22.2 Å². The third-order valence-corrected chi connectivity index (χ3v) is 7.57. The highest BCUT2D eigenvalue weighted by molar-refractivity contribution is 9.10. The fourth-order valence-corrected chi connectivity index (χ4v) is 5.49. The fraction of sp³-hybridized carbons (Fsp3) is 0.185. The molecule has 3 aromatic carbocycles. The predicted octanol–water partition coefficient (Wildman–Crippen LogP) is 5.89. The van der Waals surface area contributed by atoms with E-state index in [0.717, 1.165) is 21.3 Å². The summed E-state index contributed by atoms with van der Waals surface area (Å²) in [7, 11) is 0. The topological polar surface area (TPSA) is 69.4 Å². The first-order valence-electron chi connectivity index (χ1n) is 11.6. The van der Waals surface area contributed by atoms with Crippen molar-refractivity contribution in [3.8, 4) is 0 Å². The van der Waals surface area contributed by atoms with Gasteiger partial charge in [0.2, 0.25) is 5.91 Å². The smallest absolute Gasteiger partial charge is 0.242 e. The maximum atomic E-state index is 14.8. The molecule has 0 aliphatic carbocycles. The Bertz CT molecular complexity index is 1360. The van der Waals surface area contributed by atoms with E-state index < -0.39 is 17.7 Å². The highest BCUT2D eigenvalue weighted by Gasteiger charge is 2.37. The molecular weight excluding hydrogens is 560 g/mol. The summed E-state index contributed by atoms with van der Waals surface area (Å²) in [5.41, 5.74) is 4.96. The molecule has 37 heavy (non-hydrogen) atoms. The number of benzene rings is 3. The van der Waals surface area contributed by atoms with E-state index >= 15 is 0 Å². The van der Waals surface area contributed by atoms with Crippen molar-refractivity contribution in [1.29, 1.82) is 0 Å². The molecule has 0 saturated carbocycles. The van der Waals surface area contributed by atoms with Gasteiger partial charge in [-0.15, -0.1) is 0 Å². The molecule has 2 unspecified atom stereocenters. The molecule has 2 aliphatic rings. The first-order valence-corrected chi connectivity index (χ1v) is 13.4. The molecular formula is C27H22BrF2N5OS. The minimum Gasteiger partial charge on any atom is -0.273 e. The molecule has 3 aromatic rings. The number of hydrogen-bond acceptors (Lipinski definition) is 6.